The van der Waals surface area contributed by atoms with Crippen LogP contribution in [0.15, 0.2) is 0 Å². The summed E-state index contributed by atoms with van der Waals surface area (Å²) in [7, 11) is 0. The van der Waals surface area contributed by atoms with Crippen molar-refractivity contribution in [2.45, 2.75) is 110 Å². The van der Waals surface area contributed by atoms with E-state index in [9.17, 15) is 81.1 Å². The molecule has 0 aliphatic carbocycles. The molecule has 25 heteroatoms. The quantitative estimate of drug-likeness (QED) is 0.0650. The van der Waals surface area contributed by atoms with E-state index in [4.69, 9.17) is 39.4 Å². The van der Waals surface area contributed by atoms with E-state index in [1.54, 1.807) is 0 Å². The van der Waals surface area contributed by atoms with Crippen molar-refractivity contribution in [3.63, 3.8) is 0 Å². The Morgan fingerprint density at radius 2 is 0.837 bits per heavy atom. The number of rotatable bonds is 16. The van der Waals surface area contributed by atoms with E-state index in [0.717, 1.165) is 0 Å². The van der Waals surface area contributed by atoms with Gasteiger partial charge in [0.1, 0.15) is 97.7 Å². The predicted octanol–water partition coefficient (Wildman–Crippen LogP) is -14.4. The molecule has 2 aliphatic rings. The van der Waals surface area contributed by atoms with Crippen LogP contribution >= 0.6 is 0 Å². The first-order valence-corrected chi connectivity index (χ1v) is 13.9. The Bertz CT molecular complexity index is 888. The number of carbonyl (C=O) groups excluding carboxylic acids is 2. The molecule has 0 aromatic heterocycles. The van der Waals surface area contributed by atoms with Crippen molar-refractivity contribution in [1.82, 2.24) is 0 Å². The van der Waals surface area contributed by atoms with Crippen molar-refractivity contribution in [3.05, 3.63) is 0 Å². The molecule has 2 aliphatic heterocycles. The maximum atomic E-state index is 10.6. The second kappa shape index (κ2) is 22.5. The maximum Gasteiger partial charge on any atom is 2.00 e. The van der Waals surface area contributed by atoms with Crippen molar-refractivity contribution in [2.75, 3.05) is 26.4 Å². The Balaban J connectivity index is 0.000000922. The van der Waals surface area contributed by atoms with Crippen LogP contribution in [0, 0.1) is 0 Å². The van der Waals surface area contributed by atoms with Gasteiger partial charge in [-0.3, -0.25) is 0 Å². The van der Waals surface area contributed by atoms with Gasteiger partial charge in [0.2, 0.25) is 0 Å². The summed E-state index contributed by atoms with van der Waals surface area (Å²) in [5.41, 5.74) is 0. The number of aliphatic hydroxyl groups is 16. The van der Waals surface area contributed by atoms with E-state index in [1.807, 2.05) is 0 Å². The molecule has 16 N–H and O–H groups in total. The van der Waals surface area contributed by atoms with Crippen LogP contribution < -0.4 is 10.2 Å². The summed E-state index contributed by atoms with van der Waals surface area (Å²) in [6, 6.07) is 0. The molecular weight excluding hydrogens is 712 g/mol. The maximum absolute atomic E-state index is 10.6. The Morgan fingerprint density at radius 1 is 0.551 bits per heavy atom. The van der Waals surface area contributed by atoms with Crippen LogP contribution in [0.25, 0.3) is 0 Å². The van der Waals surface area contributed by atoms with Gasteiger partial charge in [0.15, 0.2) is 12.6 Å². The molecule has 49 heavy (non-hydrogen) atoms. The minimum absolute atomic E-state index is 0. The second-order valence-electron chi connectivity index (χ2n) is 10.6. The van der Waals surface area contributed by atoms with Crippen LogP contribution in [0.5, 0.6) is 0 Å². The van der Waals surface area contributed by atoms with Crippen molar-refractivity contribution >= 4 is 49.7 Å². The molecule has 284 valence electrons. The Labute approximate surface area is 305 Å². The normalized spacial score (nSPS) is 35.2. The summed E-state index contributed by atoms with van der Waals surface area (Å²) >= 11 is 0. The van der Waals surface area contributed by atoms with E-state index < -0.39 is 149 Å². The molecular formula is C24H42CaO24. The Morgan fingerprint density at radius 3 is 1.06 bits per heavy atom. The summed E-state index contributed by atoms with van der Waals surface area (Å²) in [4.78, 5) is 21.2. The number of hydrogen-bond donors (Lipinski definition) is 16. The average molecular weight is 755 g/mol. The van der Waals surface area contributed by atoms with Crippen LogP contribution in [-0.4, -0.2) is 268 Å². The minimum atomic E-state index is -2.50. The van der Waals surface area contributed by atoms with Gasteiger partial charge in [-0.15, -0.1) is 0 Å². The monoisotopic (exact) mass is 754 g/mol. The average Bonchev–Trinajstić information content (AvgIpc) is 3.07. The fourth-order valence-corrected chi connectivity index (χ4v) is 4.31. The third kappa shape index (κ3) is 12.8. The molecule has 2 fully saturated rings. The summed E-state index contributed by atoms with van der Waals surface area (Å²) in [6.07, 6.45) is -34.5. The van der Waals surface area contributed by atoms with Gasteiger partial charge in [-0.25, -0.2) is 0 Å². The van der Waals surface area contributed by atoms with E-state index >= 15 is 0 Å². The molecule has 0 spiro atoms. The number of ether oxygens (including phenoxy) is 4. The van der Waals surface area contributed by atoms with Crippen LogP contribution in [0.1, 0.15) is 0 Å². The van der Waals surface area contributed by atoms with Gasteiger partial charge in [-0.1, -0.05) is 0 Å². The van der Waals surface area contributed by atoms with Gasteiger partial charge >= 0.3 is 37.7 Å². The standard InChI is InChI=1S/2C12H22O12.Ca/c2*13-1-3(15)10(7(18)8(19)11(21)22)24-12-9(20)6(17)5(16)4(2-14)23-12;/h2*3-10,12-20H,1-2H2,(H,21,22);/q;;+2/p-2/t2*3-,4-,5-,6+,7-,8-,9-,10-,12+;/m00./s1. The number of carboxylic acids is 2. The summed E-state index contributed by atoms with van der Waals surface area (Å²) in [5.74, 6) is -4.18. The molecule has 0 unspecified atom stereocenters. The zero-order chi connectivity index (χ0) is 37.2. The van der Waals surface area contributed by atoms with Crippen molar-refractivity contribution < 1.29 is 120 Å². The molecule has 0 saturated carbocycles. The van der Waals surface area contributed by atoms with Crippen LogP contribution in [-0.2, 0) is 28.5 Å². The van der Waals surface area contributed by atoms with Crippen molar-refractivity contribution in [1.29, 1.82) is 0 Å². The molecule has 2 saturated heterocycles. The molecule has 2 heterocycles. The van der Waals surface area contributed by atoms with Crippen molar-refractivity contribution in [2.24, 2.45) is 0 Å². The molecule has 2 rings (SSSR count). The Hall–Kier alpha value is -0.600. The third-order valence-corrected chi connectivity index (χ3v) is 7.22. The first-order valence-electron chi connectivity index (χ1n) is 13.9. The largest absolute Gasteiger partial charge is 2.00 e. The van der Waals surface area contributed by atoms with Crippen LogP contribution in [0.3, 0.4) is 0 Å². The van der Waals surface area contributed by atoms with E-state index in [1.165, 1.54) is 0 Å². The molecule has 0 amide bonds. The van der Waals surface area contributed by atoms with Crippen LogP contribution in [0.2, 0.25) is 0 Å². The number of hydrogen-bond acceptors (Lipinski definition) is 24. The topological polar surface area (TPSA) is 441 Å². The van der Waals surface area contributed by atoms with Crippen LogP contribution in [0.4, 0.5) is 0 Å². The first-order chi connectivity index (χ1) is 22.3. The van der Waals surface area contributed by atoms with Gasteiger partial charge in [-0.2, -0.15) is 0 Å². The van der Waals surface area contributed by atoms with E-state index in [-0.39, 0.29) is 37.7 Å². The van der Waals surface area contributed by atoms with Gasteiger partial charge < -0.3 is 120 Å². The molecule has 0 radical (unpaired) electrons. The van der Waals surface area contributed by atoms with Gasteiger partial charge in [0.05, 0.1) is 38.4 Å². The zero-order valence-electron chi connectivity index (χ0n) is 25.3. The fourth-order valence-electron chi connectivity index (χ4n) is 4.31. The molecule has 18 atom stereocenters. The van der Waals surface area contributed by atoms with Gasteiger partial charge in [0, 0.05) is 0 Å². The SMILES string of the molecule is O=C([O-])[C@@H](O)[C@H](O)[C@@H](O[C@H]1O[C@@H](CO)[C@H](O)[C@@H](O)[C@@H]1O)[C@@H](O)CO.O=C([O-])[C@@H](O)[C@H](O)[C@@H](O[C@H]1O[C@@H](CO)[C@H](O)[C@@H](O)[C@@H]1O)[C@@H](O)CO.[Ca+2]. The summed E-state index contributed by atoms with van der Waals surface area (Å²) in [5, 5.41) is 173. The molecule has 0 aromatic rings. The summed E-state index contributed by atoms with van der Waals surface area (Å²) in [6.45, 7) is -3.58. The smallest absolute Gasteiger partial charge is 0.547 e. The third-order valence-electron chi connectivity index (χ3n) is 7.22. The van der Waals surface area contributed by atoms with E-state index in [2.05, 4.69) is 0 Å². The number of carboxylic acid groups (broad SMARTS) is 2. The van der Waals surface area contributed by atoms with E-state index in [0.29, 0.717) is 0 Å². The van der Waals surface area contributed by atoms with Gasteiger partial charge in [0.25, 0.3) is 0 Å². The van der Waals surface area contributed by atoms with Gasteiger partial charge in [-0.05, 0) is 0 Å². The fraction of sp³-hybridized carbons (Fsp3) is 0.917. The summed E-state index contributed by atoms with van der Waals surface area (Å²) < 4.78 is 19.9. The first kappa shape index (κ1) is 48.4. The minimum Gasteiger partial charge on any atom is -0.547 e. The number of aliphatic carboxylic acids is 2. The number of aliphatic hydroxyl groups excluding tert-OH is 16. The Kier molecular flexibility index (Phi) is 22.2. The zero-order valence-corrected chi connectivity index (χ0v) is 27.6. The van der Waals surface area contributed by atoms with Crippen molar-refractivity contribution in [3.8, 4) is 0 Å². The molecule has 0 aromatic carbocycles. The predicted molar refractivity (Wildman–Crippen MR) is 143 cm³/mol. The number of carbonyl (C=O) groups is 2. The second-order valence-corrected chi connectivity index (χ2v) is 10.6. The molecule has 24 nitrogen and oxygen atoms in total. The molecule has 0 bridgehead atoms.